The number of hydrogen-bond donors (Lipinski definition) is 3. The van der Waals surface area contributed by atoms with Crippen molar-refractivity contribution in [2.24, 2.45) is 5.41 Å². The number of carbonyl (C=O) groups is 1. The molecule has 0 bridgehead atoms. The van der Waals surface area contributed by atoms with E-state index in [0.717, 1.165) is 36.6 Å². The normalized spacial score (nSPS) is 16.0. The van der Waals surface area contributed by atoms with Crippen molar-refractivity contribution in [3.05, 3.63) is 23.5 Å². The molecule has 0 atom stereocenters. The highest BCUT2D eigenvalue weighted by atomic mass is 35.5. The largest absolute Gasteiger partial charge is 0.444 e. The fourth-order valence-corrected chi connectivity index (χ4v) is 4.30. The number of alkyl carbamates (subject to hydrolysis) is 1. The second-order valence-corrected chi connectivity index (χ2v) is 10.6. The maximum atomic E-state index is 12.0. The Balaban J connectivity index is 1.58. The van der Waals surface area contributed by atoms with Gasteiger partial charge in [0.2, 0.25) is 0 Å². The average molecular weight is 480 g/mol. The van der Waals surface area contributed by atoms with Gasteiger partial charge in [0, 0.05) is 30.7 Å². The van der Waals surface area contributed by atoms with Crippen molar-refractivity contribution in [1.29, 1.82) is 0 Å². The number of nitrogens with two attached hydrogens (primary N) is 2. The smallest absolute Gasteiger partial charge is 0.407 e. The van der Waals surface area contributed by atoms with Gasteiger partial charge in [-0.1, -0.05) is 30.3 Å². The van der Waals surface area contributed by atoms with E-state index < -0.39 is 5.60 Å². The van der Waals surface area contributed by atoms with Gasteiger partial charge in [-0.05, 0) is 45.1 Å². The summed E-state index contributed by atoms with van der Waals surface area (Å²) >= 11 is 7.51. The third-order valence-corrected chi connectivity index (χ3v) is 6.77. The summed E-state index contributed by atoms with van der Waals surface area (Å²) < 4.78 is 5.33. The molecule has 2 aromatic rings. The molecule has 1 saturated heterocycles. The van der Waals surface area contributed by atoms with Gasteiger partial charge in [0.25, 0.3) is 0 Å². The van der Waals surface area contributed by atoms with Crippen LogP contribution in [0.15, 0.2) is 28.4 Å². The summed E-state index contributed by atoms with van der Waals surface area (Å²) in [5.41, 5.74) is 11.4. The van der Waals surface area contributed by atoms with E-state index in [2.05, 4.69) is 32.1 Å². The van der Waals surface area contributed by atoms with Crippen LogP contribution in [-0.4, -0.2) is 46.3 Å². The van der Waals surface area contributed by atoms with E-state index in [0.29, 0.717) is 22.4 Å². The maximum Gasteiger partial charge on any atom is 0.407 e. The van der Waals surface area contributed by atoms with Crippen LogP contribution in [0.1, 0.15) is 40.5 Å². The molecule has 3 rings (SSSR count). The van der Waals surface area contributed by atoms with Crippen LogP contribution in [0.3, 0.4) is 0 Å². The molecular formula is C21H30ClN7O2S. The number of pyridine rings is 1. The zero-order valence-electron chi connectivity index (χ0n) is 18.8. The average Bonchev–Trinajstić information content (AvgIpc) is 2.71. The fraction of sp³-hybridized carbons (Fsp3) is 0.524. The minimum atomic E-state index is -0.507. The van der Waals surface area contributed by atoms with Gasteiger partial charge in [0.15, 0.2) is 5.82 Å². The monoisotopic (exact) mass is 479 g/mol. The van der Waals surface area contributed by atoms with Crippen molar-refractivity contribution in [2.75, 3.05) is 36.0 Å². The van der Waals surface area contributed by atoms with Crippen LogP contribution in [0.5, 0.6) is 0 Å². The van der Waals surface area contributed by atoms with Crippen molar-refractivity contribution in [2.45, 2.75) is 56.1 Å². The minimum Gasteiger partial charge on any atom is -0.444 e. The lowest BCUT2D eigenvalue weighted by Gasteiger charge is -2.40. The van der Waals surface area contributed by atoms with E-state index >= 15 is 0 Å². The lowest BCUT2D eigenvalue weighted by molar-refractivity contribution is 0.0495. The fourth-order valence-electron chi connectivity index (χ4n) is 3.29. The molecule has 11 heteroatoms. The molecule has 3 heterocycles. The molecule has 1 amide bonds. The summed E-state index contributed by atoms with van der Waals surface area (Å²) in [6.07, 6.45) is 4.71. The van der Waals surface area contributed by atoms with E-state index in [1.807, 2.05) is 20.8 Å². The van der Waals surface area contributed by atoms with Gasteiger partial charge in [-0.2, -0.15) is 0 Å². The predicted octanol–water partition coefficient (Wildman–Crippen LogP) is 3.97. The van der Waals surface area contributed by atoms with E-state index in [-0.39, 0.29) is 17.3 Å². The quantitative estimate of drug-likeness (QED) is 0.582. The Hall–Kier alpha value is -2.46. The second-order valence-electron chi connectivity index (χ2n) is 9.18. The Morgan fingerprint density at radius 3 is 2.59 bits per heavy atom. The zero-order valence-corrected chi connectivity index (χ0v) is 20.4. The summed E-state index contributed by atoms with van der Waals surface area (Å²) in [5, 5.41) is 3.83. The Morgan fingerprint density at radius 2 is 1.97 bits per heavy atom. The van der Waals surface area contributed by atoms with Gasteiger partial charge in [-0.15, -0.1) is 0 Å². The van der Waals surface area contributed by atoms with Crippen LogP contribution in [0, 0.1) is 5.41 Å². The number of piperidine rings is 1. The number of hydrogen-bond acceptors (Lipinski definition) is 9. The van der Waals surface area contributed by atoms with Crippen LogP contribution in [-0.2, 0) is 4.74 Å². The summed E-state index contributed by atoms with van der Waals surface area (Å²) in [7, 11) is 0. The Morgan fingerprint density at radius 1 is 1.28 bits per heavy atom. The third-order valence-electron chi connectivity index (χ3n) is 5.19. The van der Waals surface area contributed by atoms with Crippen molar-refractivity contribution in [3.8, 4) is 0 Å². The zero-order chi connectivity index (χ0) is 23.5. The van der Waals surface area contributed by atoms with Gasteiger partial charge >= 0.3 is 6.09 Å². The number of nitrogens with zero attached hydrogens (tertiary/aromatic N) is 4. The Bertz CT molecular complexity index is 975. The van der Waals surface area contributed by atoms with E-state index in [1.54, 1.807) is 18.5 Å². The highest BCUT2D eigenvalue weighted by Gasteiger charge is 2.32. The van der Waals surface area contributed by atoms with Crippen molar-refractivity contribution in [3.63, 3.8) is 0 Å². The van der Waals surface area contributed by atoms with Crippen LogP contribution in [0.25, 0.3) is 0 Å². The number of amides is 1. The van der Waals surface area contributed by atoms with E-state index in [1.165, 1.54) is 11.8 Å². The molecule has 5 N–H and O–H groups in total. The van der Waals surface area contributed by atoms with Gasteiger partial charge in [-0.3, -0.25) is 0 Å². The molecule has 0 saturated carbocycles. The van der Waals surface area contributed by atoms with Crippen LogP contribution in [0.2, 0.25) is 5.02 Å². The number of anilines is 3. The molecule has 0 aliphatic carbocycles. The van der Waals surface area contributed by atoms with Gasteiger partial charge in [0.05, 0.1) is 11.2 Å². The van der Waals surface area contributed by atoms with Gasteiger partial charge in [-0.25, -0.2) is 19.7 Å². The first-order chi connectivity index (χ1) is 15.0. The first kappa shape index (κ1) is 24.2. The first-order valence-electron chi connectivity index (χ1n) is 10.4. The molecule has 9 nitrogen and oxygen atoms in total. The topological polar surface area (TPSA) is 132 Å². The SMILES string of the molecule is CC1(CNC(=O)OC(C)(C)C)CCN(c2cnc(Sc3ccnc(N)c3Cl)c(N)n2)CC1. The Kier molecular flexibility index (Phi) is 7.24. The molecule has 32 heavy (non-hydrogen) atoms. The summed E-state index contributed by atoms with van der Waals surface area (Å²) in [6.45, 7) is 9.87. The van der Waals surface area contributed by atoms with Crippen LogP contribution < -0.4 is 21.7 Å². The second kappa shape index (κ2) is 9.58. The Labute approximate surface area is 197 Å². The number of rotatable bonds is 5. The molecule has 0 unspecified atom stereocenters. The lowest BCUT2D eigenvalue weighted by atomic mass is 9.80. The number of nitrogens with one attached hydrogen (secondary N) is 1. The van der Waals surface area contributed by atoms with E-state index in [9.17, 15) is 4.79 Å². The first-order valence-corrected chi connectivity index (χ1v) is 11.6. The van der Waals surface area contributed by atoms with Gasteiger partial charge < -0.3 is 26.4 Å². The molecule has 2 aromatic heterocycles. The number of nitrogen functional groups attached to an aromatic ring is 2. The minimum absolute atomic E-state index is 0.0137. The summed E-state index contributed by atoms with van der Waals surface area (Å²) in [4.78, 5) is 27.8. The van der Waals surface area contributed by atoms with Crippen molar-refractivity contribution < 1.29 is 9.53 Å². The van der Waals surface area contributed by atoms with Gasteiger partial charge in [0.1, 0.15) is 22.3 Å². The number of ether oxygens (including phenoxy) is 1. The van der Waals surface area contributed by atoms with E-state index in [4.69, 9.17) is 27.8 Å². The number of halogens is 1. The molecule has 0 spiro atoms. The molecule has 0 aromatic carbocycles. The lowest BCUT2D eigenvalue weighted by Crippen LogP contribution is -2.46. The molecule has 1 aliphatic heterocycles. The summed E-state index contributed by atoms with van der Waals surface area (Å²) in [6, 6.07) is 1.76. The maximum absolute atomic E-state index is 12.0. The third kappa shape index (κ3) is 6.29. The number of carbonyl (C=O) groups excluding carboxylic acids is 1. The molecule has 1 aliphatic rings. The number of aromatic nitrogens is 3. The molecule has 174 valence electrons. The summed E-state index contributed by atoms with van der Waals surface area (Å²) in [5.74, 6) is 1.32. The molecular weight excluding hydrogens is 450 g/mol. The molecule has 0 radical (unpaired) electrons. The predicted molar refractivity (Wildman–Crippen MR) is 128 cm³/mol. The molecule has 1 fully saturated rings. The highest BCUT2D eigenvalue weighted by Crippen LogP contribution is 2.37. The highest BCUT2D eigenvalue weighted by molar-refractivity contribution is 7.99. The van der Waals surface area contributed by atoms with Crippen LogP contribution >= 0.6 is 23.4 Å². The standard InChI is InChI=1S/C21H30ClN7O2S/c1-20(2,3)31-19(30)27-12-21(4)6-9-29(10-7-21)14-11-26-18(17(24)28-14)32-13-5-8-25-16(23)15(13)22/h5,8,11H,6-7,9-10,12H2,1-4H3,(H2,23,25)(H2,24,28)(H,27,30). The van der Waals surface area contributed by atoms with Crippen LogP contribution in [0.4, 0.5) is 22.2 Å². The van der Waals surface area contributed by atoms with Crippen molar-refractivity contribution >= 4 is 46.9 Å². The van der Waals surface area contributed by atoms with Crippen molar-refractivity contribution in [1.82, 2.24) is 20.3 Å².